The first kappa shape index (κ1) is 16.9. The minimum Gasteiger partial charge on any atom is -0.436 e. The quantitative estimate of drug-likeness (QED) is 0.507. The summed E-state index contributed by atoms with van der Waals surface area (Å²) in [5.74, 6) is -2.18. The van der Waals surface area contributed by atoms with Gasteiger partial charge in [0.05, 0.1) is 22.4 Å². The van der Waals surface area contributed by atoms with E-state index in [1.807, 2.05) is 0 Å². The molecule has 142 valence electrons. The number of pyridine rings is 1. The first-order valence-electron chi connectivity index (χ1n) is 8.51. The van der Waals surface area contributed by atoms with Crippen LogP contribution in [0.1, 0.15) is 20.7 Å². The van der Waals surface area contributed by atoms with Gasteiger partial charge in [0.25, 0.3) is 17.4 Å². The monoisotopic (exact) mass is 390 g/mol. The van der Waals surface area contributed by atoms with Crippen molar-refractivity contribution in [2.45, 2.75) is 0 Å². The Bertz CT molecular complexity index is 1390. The van der Waals surface area contributed by atoms with Gasteiger partial charge < -0.3 is 10.2 Å². The lowest BCUT2D eigenvalue weighted by Crippen LogP contribution is -2.24. The summed E-state index contributed by atoms with van der Waals surface area (Å²) in [5, 5.41) is 2.10. The van der Waals surface area contributed by atoms with Crippen LogP contribution in [0.5, 0.6) is 0 Å². The first-order chi connectivity index (χ1) is 13.9. The van der Waals surface area contributed by atoms with Crippen LogP contribution in [-0.2, 0) is 0 Å². The molecule has 2 amide bonds. The molecule has 0 bridgehead atoms. The van der Waals surface area contributed by atoms with Gasteiger partial charge in [-0.15, -0.1) is 0 Å². The molecule has 0 radical (unpaired) electrons. The molecule has 2 aromatic carbocycles. The molecule has 1 aliphatic heterocycles. The zero-order valence-electron chi connectivity index (χ0n) is 14.6. The third-order valence-electron chi connectivity index (χ3n) is 4.69. The van der Waals surface area contributed by atoms with Gasteiger partial charge in [-0.05, 0) is 30.3 Å². The predicted octanol–water partition coefficient (Wildman–Crippen LogP) is 2.25. The summed E-state index contributed by atoms with van der Waals surface area (Å²) in [6.45, 7) is 0. The third-order valence-corrected chi connectivity index (χ3v) is 4.69. The van der Waals surface area contributed by atoms with Gasteiger partial charge in [-0.1, -0.05) is 12.1 Å². The Morgan fingerprint density at radius 2 is 1.79 bits per heavy atom. The number of carbonyl (C=O) groups excluding carboxylic acids is 2. The van der Waals surface area contributed by atoms with Crippen LogP contribution in [0.2, 0.25) is 0 Å². The zero-order valence-corrected chi connectivity index (χ0v) is 14.6. The van der Waals surface area contributed by atoms with E-state index in [1.165, 1.54) is 12.1 Å². The van der Waals surface area contributed by atoms with Crippen molar-refractivity contribution in [3.05, 3.63) is 75.8 Å². The number of amides is 2. The Balaban J connectivity index is 1.72. The van der Waals surface area contributed by atoms with Gasteiger partial charge in [0.15, 0.2) is 5.58 Å². The normalized spacial score (nSPS) is 13.0. The van der Waals surface area contributed by atoms with Crippen molar-refractivity contribution < 1.29 is 18.4 Å². The standard InChI is InChI=1S/C20H11FN4O4/c21-12-6-5-9(7-10(12)20-23-13-3-1-2-4-14(13)29-20)25-15(26)8-11-16(17(25)22)19(28)24-18(11)27/h1-8H,22H2,(H,24,27,28). The fourth-order valence-electron chi connectivity index (χ4n) is 3.35. The molecule has 4 aromatic rings. The number of para-hydroxylation sites is 2. The number of rotatable bonds is 2. The van der Waals surface area contributed by atoms with E-state index in [0.29, 0.717) is 11.1 Å². The zero-order chi connectivity index (χ0) is 20.3. The molecule has 0 saturated heterocycles. The summed E-state index contributed by atoms with van der Waals surface area (Å²) >= 11 is 0. The number of hydrogen-bond donors (Lipinski definition) is 2. The fourth-order valence-corrected chi connectivity index (χ4v) is 3.35. The molecular weight excluding hydrogens is 379 g/mol. The lowest BCUT2D eigenvalue weighted by molar-refractivity contribution is 0.0880. The molecule has 0 fully saturated rings. The molecular formula is C20H11FN4O4. The summed E-state index contributed by atoms with van der Waals surface area (Å²) in [5.41, 5.74) is 6.46. The van der Waals surface area contributed by atoms with Crippen molar-refractivity contribution in [2.24, 2.45) is 0 Å². The van der Waals surface area contributed by atoms with E-state index in [1.54, 1.807) is 24.3 Å². The number of nitrogens with one attached hydrogen (secondary N) is 1. The Morgan fingerprint density at radius 3 is 2.59 bits per heavy atom. The predicted molar refractivity (Wildman–Crippen MR) is 101 cm³/mol. The van der Waals surface area contributed by atoms with Crippen LogP contribution < -0.4 is 16.6 Å². The average Bonchev–Trinajstić information content (AvgIpc) is 3.23. The molecule has 3 N–H and O–H groups in total. The van der Waals surface area contributed by atoms with Gasteiger partial charge in [0.1, 0.15) is 17.2 Å². The highest BCUT2D eigenvalue weighted by molar-refractivity contribution is 6.23. The van der Waals surface area contributed by atoms with Crippen LogP contribution in [0.3, 0.4) is 0 Å². The number of hydrogen-bond acceptors (Lipinski definition) is 6. The van der Waals surface area contributed by atoms with Gasteiger partial charge in [-0.3, -0.25) is 24.3 Å². The number of imide groups is 1. The molecule has 5 rings (SSSR count). The Morgan fingerprint density at radius 1 is 1.00 bits per heavy atom. The third kappa shape index (κ3) is 2.44. The second kappa shape index (κ2) is 5.86. The number of nitrogens with two attached hydrogens (primary N) is 1. The highest BCUT2D eigenvalue weighted by Gasteiger charge is 2.32. The number of benzene rings is 2. The molecule has 0 saturated carbocycles. The highest BCUT2D eigenvalue weighted by atomic mass is 19.1. The SMILES string of the molecule is Nc1c2c(cc(=O)n1-c1ccc(F)c(-c3nc4ccccc4o3)c1)C(=O)NC2=O. The molecule has 29 heavy (non-hydrogen) atoms. The Hall–Kier alpha value is -4.27. The summed E-state index contributed by atoms with van der Waals surface area (Å²) < 4.78 is 21.1. The van der Waals surface area contributed by atoms with Crippen molar-refractivity contribution in [3.63, 3.8) is 0 Å². The van der Waals surface area contributed by atoms with Crippen molar-refractivity contribution in [3.8, 4) is 17.1 Å². The van der Waals surface area contributed by atoms with Crippen LogP contribution in [0, 0.1) is 5.82 Å². The topological polar surface area (TPSA) is 120 Å². The Labute approximate surface area is 161 Å². The molecule has 3 heterocycles. The lowest BCUT2D eigenvalue weighted by Gasteiger charge is -2.12. The van der Waals surface area contributed by atoms with E-state index in [-0.39, 0.29) is 34.1 Å². The van der Waals surface area contributed by atoms with Crippen molar-refractivity contribution >= 4 is 28.7 Å². The summed E-state index contributed by atoms with van der Waals surface area (Å²) in [6, 6.07) is 11.8. The first-order valence-corrected chi connectivity index (χ1v) is 8.51. The van der Waals surface area contributed by atoms with E-state index < -0.39 is 23.2 Å². The maximum atomic E-state index is 14.5. The molecule has 1 aliphatic rings. The van der Waals surface area contributed by atoms with Crippen molar-refractivity contribution in [1.82, 2.24) is 14.9 Å². The lowest BCUT2D eigenvalue weighted by atomic mass is 10.1. The maximum absolute atomic E-state index is 14.5. The number of aromatic nitrogens is 2. The summed E-state index contributed by atoms with van der Waals surface area (Å²) in [6.07, 6.45) is 0. The summed E-state index contributed by atoms with van der Waals surface area (Å²) in [4.78, 5) is 40.7. The second-order valence-electron chi connectivity index (χ2n) is 6.43. The van der Waals surface area contributed by atoms with Crippen molar-refractivity contribution in [1.29, 1.82) is 0 Å². The fraction of sp³-hybridized carbons (Fsp3) is 0. The van der Waals surface area contributed by atoms with Gasteiger partial charge in [-0.25, -0.2) is 9.37 Å². The van der Waals surface area contributed by atoms with Gasteiger partial charge in [-0.2, -0.15) is 0 Å². The molecule has 0 unspecified atom stereocenters. The number of fused-ring (bicyclic) bond motifs is 2. The molecule has 0 atom stereocenters. The van der Waals surface area contributed by atoms with E-state index in [4.69, 9.17) is 10.2 Å². The summed E-state index contributed by atoms with van der Waals surface area (Å²) in [7, 11) is 0. The second-order valence-corrected chi connectivity index (χ2v) is 6.43. The smallest absolute Gasteiger partial charge is 0.262 e. The van der Waals surface area contributed by atoms with Gasteiger partial charge in [0, 0.05) is 6.07 Å². The number of carbonyl (C=O) groups is 2. The van der Waals surface area contributed by atoms with Crippen LogP contribution >= 0.6 is 0 Å². The van der Waals surface area contributed by atoms with Crippen LogP contribution in [-0.4, -0.2) is 21.4 Å². The van der Waals surface area contributed by atoms with Gasteiger partial charge in [0.2, 0.25) is 5.89 Å². The molecule has 0 spiro atoms. The minimum absolute atomic E-state index is 0.0195. The van der Waals surface area contributed by atoms with E-state index in [2.05, 4.69) is 10.3 Å². The van der Waals surface area contributed by atoms with Crippen LogP contribution in [0.25, 0.3) is 28.2 Å². The molecule has 2 aromatic heterocycles. The maximum Gasteiger partial charge on any atom is 0.262 e. The number of nitrogens with zero attached hydrogens (tertiary/aromatic N) is 2. The van der Waals surface area contributed by atoms with Crippen molar-refractivity contribution in [2.75, 3.05) is 5.73 Å². The number of halogens is 1. The number of nitrogen functional groups attached to an aromatic ring is 1. The molecule has 9 heteroatoms. The average molecular weight is 390 g/mol. The molecule has 8 nitrogen and oxygen atoms in total. The molecule has 0 aliphatic carbocycles. The van der Waals surface area contributed by atoms with E-state index >= 15 is 0 Å². The van der Waals surface area contributed by atoms with E-state index in [0.717, 1.165) is 16.7 Å². The van der Waals surface area contributed by atoms with Crippen LogP contribution in [0.4, 0.5) is 10.2 Å². The largest absolute Gasteiger partial charge is 0.436 e. The minimum atomic E-state index is -0.697. The highest BCUT2D eigenvalue weighted by Crippen LogP contribution is 2.29. The van der Waals surface area contributed by atoms with Gasteiger partial charge >= 0.3 is 0 Å². The van der Waals surface area contributed by atoms with E-state index in [9.17, 15) is 18.8 Å². The number of oxazole rings is 1. The number of anilines is 1. The Kier molecular flexibility index (Phi) is 3.41. The van der Waals surface area contributed by atoms with Crippen LogP contribution in [0.15, 0.2) is 57.7 Å².